The van der Waals surface area contributed by atoms with E-state index in [2.05, 4.69) is 15.6 Å². The van der Waals surface area contributed by atoms with E-state index in [0.717, 1.165) is 5.39 Å². The molecular weight excluding hydrogens is 444 g/mol. The fourth-order valence-electron chi connectivity index (χ4n) is 2.97. The monoisotopic (exact) mass is 470 g/mol. The van der Waals surface area contributed by atoms with Gasteiger partial charge in [0.05, 0.1) is 25.4 Å². The zero-order valence-electron chi connectivity index (χ0n) is 19.1. The van der Waals surface area contributed by atoms with Crippen LogP contribution < -0.4 is 29.7 Å². The number of fused-ring (bicyclic) bond motifs is 1. The lowest BCUT2D eigenvalue weighted by molar-refractivity contribution is -0.119. The Morgan fingerprint density at radius 2 is 1.76 bits per heavy atom. The van der Waals surface area contributed by atoms with Gasteiger partial charge in [0.25, 0.3) is 0 Å². The fourth-order valence-corrected chi connectivity index (χ4v) is 3.20. The SMILES string of the molecule is CCC(=O)NC(=S)Nc1ccc(Oc2ccnc3cc(OC)c(OC)cc23)cc1ON(C)C. The van der Waals surface area contributed by atoms with Crippen molar-refractivity contribution in [3.05, 3.63) is 42.6 Å². The molecule has 1 heterocycles. The second-order valence-electron chi connectivity index (χ2n) is 7.05. The first-order valence-electron chi connectivity index (χ1n) is 10.1. The lowest BCUT2D eigenvalue weighted by Crippen LogP contribution is -2.33. The van der Waals surface area contributed by atoms with Crippen LogP contribution in [0.3, 0.4) is 0 Å². The number of hydrogen-bond donors (Lipinski definition) is 2. The van der Waals surface area contributed by atoms with E-state index >= 15 is 0 Å². The Labute approximate surface area is 197 Å². The molecular formula is C23H26N4O5S. The van der Waals surface area contributed by atoms with Gasteiger partial charge in [-0.3, -0.25) is 9.78 Å². The maximum atomic E-state index is 11.6. The third-order valence-corrected chi connectivity index (χ3v) is 4.70. The zero-order valence-corrected chi connectivity index (χ0v) is 19.9. The highest BCUT2D eigenvalue weighted by Gasteiger charge is 2.14. The Kier molecular flexibility index (Phi) is 7.86. The van der Waals surface area contributed by atoms with Crippen molar-refractivity contribution >= 4 is 39.8 Å². The standard InChI is InChI=1S/C23H26N4O5S/c1-6-22(28)26-23(33)25-16-8-7-14(11-19(16)32-27(2)3)31-18-9-10-24-17-13-21(30-5)20(29-4)12-15(17)18/h7-13H,6H2,1-5H3,(H2,25,26,28,33). The van der Waals surface area contributed by atoms with Crippen LogP contribution >= 0.6 is 12.2 Å². The number of amides is 1. The van der Waals surface area contributed by atoms with Crippen LogP contribution in [0.2, 0.25) is 0 Å². The number of hydrogen-bond acceptors (Lipinski definition) is 8. The fraction of sp³-hybridized carbons (Fsp3) is 0.261. The molecule has 1 aromatic heterocycles. The third-order valence-electron chi connectivity index (χ3n) is 4.49. The van der Waals surface area contributed by atoms with Gasteiger partial charge < -0.3 is 29.7 Å². The molecule has 33 heavy (non-hydrogen) atoms. The lowest BCUT2D eigenvalue weighted by atomic mass is 10.2. The van der Waals surface area contributed by atoms with E-state index < -0.39 is 0 Å². The molecule has 0 saturated heterocycles. The van der Waals surface area contributed by atoms with Gasteiger partial charge in [0.1, 0.15) is 11.5 Å². The van der Waals surface area contributed by atoms with Gasteiger partial charge in [-0.2, -0.15) is 5.06 Å². The van der Waals surface area contributed by atoms with E-state index in [1.165, 1.54) is 5.06 Å². The summed E-state index contributed by atoms with van der Waals surface area (Å²) in [5.74, 6) is 2.55. The molecule has 0 bridgehead atoms. The molecule has 0 aliphatic heterocycles. The molecule has 0 fully saturated rings. The zero-order chi connectivity index (χ0) is 24.0. The Morgan fingerprint density at radius 3 is 2.42 bits per heavy atom. The van der Waals surface area contributed by atoms with Crippen molar-refractivity contribution in [3.8, 4) is 28.7 Å². The molecule has 9 nitrogen and oxygen atoms in total. The molecule has 1 amide bonds. The van der Waals surface area contributed by atoms with Gasteiger partial charge in [0.2, 0.25) is 5.91 Å². The molecule has 10 heteroatoms. The number of ether oxygens (including phenoxy) is 3. The summed E-state index contributed by atoms with van der Waals surface area (Å²) in [6.07, 6.45) is 1.98. The predicted molar refractivity (Wildman–Crippen MR) is 130 cm³/mol. The van der Waals surface area contributed by atoms with E-state index in [1.54, 1.807) is 71.8 Å². The number of methoxy groups -OCH3 is 2. The number of pyridine rings is 1. The number of aromatic nitrogens is 1. The van der Waals surface area contributed by atoms with Crippen LogP contribution in [0.1, 0.15) is 13.3 Å². The van der Waals surface area contributed by atoms with Gasteiger partial charge in [-0.25, -0.2) is 0 Å². The van der Waals surface area contributed by atoms with Crippen LogP contribution in [0, 0.1) is 0 Å². The largest absolute Gasteiger partial charge is 0.493 e. The molecule has 0 saturated carbocycles. The number of thiocarbonyl (C=S) groups is 1. The second-order valence-corrected chi connectivity index (χ2v) is 7.46. The summed E-state index contributed by atoms with van der Waals surface area (Å²) in [5.41, 5.74) is 1.27. The quantitative estimate of drug-likeness (QED) is 0.372. The van der Waals surface area contributed by atoms with Crippen LogP contribution in [0.5, 0.6) is 28.7 Å². The van der Waals surface area contributed by atoms with Gasteiger partial charge in [-0.1, -0.05) is 6.92 Å². The molecule has 0 atom stereocenters. The highest BCUT2D eigenvalue weighted by atomic mass is 32.1. The van der Waals surface area contributed by atoms with Crippen molar-refractivity contribution < 1.29 is 23.8 Å². The van der Waals surface area contributed by atoms with Crippen molar-refractivity contribution in [2.75, 3.05) is 33.6 Å². The van der Waals surface area contributed by atoms with E-state index in [4.69, 9.17) is 31.3 Å². The number of nitrogens with one attached hydrogen (secondary N) is 2. The lowest BCUT2D eigenvalue weighted by Gasteiger charge is -2.18. The van der Waals surface area contributed by atoms with Crippen molar-refractivity contribution in [2.24, 2.45) is 0 Å². The summed E-state index contributed by atoms with van der Waals surface area (Å²) >= 11 is 5.21. The van der Waals surface area contributed by atoms with E-state index in [9.17, 15) is 4.79 Å². The van der Waals surface area contributed by atoms with Crippen LogP contribution in [0.15, 0.2) is 42.6 Å². The predicted octanol–water partition coefficient (Wildman–Crippen LogP) is 4.12. The Hall–Kier alpha value is -3.63. The Balaban J connectivity index is 1.93. The molecule has 3 rings (SSSR count). The third kappa shape index (κ3) is 5.99. The number of carbonyl (C=O) groups excluding carboxylic acids is 1. The van der Waals surface area contributed by atoms with Crippen LogP contribution in [-0.2, 0) is 4.79 Å². The number of anilines is 1. The first-order valence-corrected chi connectivity index (χ1v) is 10.5. The van der Waals surface area contributed by atoms with E-state index in [0.29, 0.717) is 46.4 Å². The molecule has 2 aromatic carbocycles. The molecule has 0 unspecified atom stereocenters. The van der Waals surface area contributed by atoms with Crippen LogP contribution in [0.4, 0.5) is 5.69 Å². The average molecular weight is 471 g/mol. The number of hydroxylamine groups is 2. The maximum absolute atomic E-state index is 11.6. The number of nitrogens with zero attached hydrogens (tertiary/aromatic N) is 2. The maximum Gasteiger partial charge on any atom is 0.225 e. The van der Waals surface area contributed by atoms with Crippen LogP contribution in [0.25, 0.3) is 10.9 Å². The number of rotatable bonds is 8. The minimum absolute atomic E-state index is 0.181. The minimum Gasteiger partial charge on any atom is -0.493 e. The summed E-state index contributed by atoms with van der Waals surface area (Å²) in [6, 6.07) is 10.6. The highest BCUT2D eigenvalue weighted by Crippen LogP contribution is 2.38. The van der Waals surface area contributed by atoms with Crippen molar-refractivity contribution in [3.63, 3.8) is 0 Å². The Bertz CT molecular complexity index is 1170. The van der Waals surface area contributed by atoms with Crippen molar-refractivity contribution in [1.29, 1.82) is 0 Å². The minimum atomic E-state index is -0.181. The first-order chi connectivity index (χ1) is 15.8. The smallest absolute Gasteiger partial charge is 0.225 e. The van der Waals surface area contributed by atoms with Gasteiger partial charge >= 0.3 is 0 Å². The average Bonchev–Trinajstić information content (AvgIpc) is 2.79. The van der Waals surface area contributed by atoms with Crippen molar-refractivity contribution in [1.82, 2.24) is 15.4 Å². The van der Waals surface area contributed by atoms with Gasteiger partial charge in [-0.05, 0) is 36.5 Å². The summed E-state index contributed by atoms with van der Waals surface area (Å²) in [4.78, 5) is 21.8. The molecule has 0 aliphatic rings. The first kappa shape index (κ1) is 24.0. The molecule has 0 radical (unpaired) electrons. The molecule has 2 N–H and O–H groups in total. The Morgan fingerprint density at radius 1 is 1.03 bits per heavy atom. The number of carbonyl (C=O) groups is 1. The van der Waals surface area contributed by atoms with Gasteiger partial charge in [0.15, 0.2) is 22.4 Å². The summed E-state index contributed by atoms with van der Waals surface area (Å²) in [7, 11) is 6.66. The van der Waals surface area contributed by atoms with Gasteiger partial charge in [0, 0.05) is 44.2 Å². The van der Waals surface area contributed by atoms with E-state index in [-0.39, 0.29) is 11.0 Å². The summed E-state index contributed by atoms with van der Waals surface area (Å²) < 4.78 is 16.9. The highest BCUT2D eigenvalue weighted by molar-refractivity contribution is 7.80. The molecule has 0 aliphatic carbocycles. The van der Waals surface area contributed by atoms with Crippen LogP contribution in [-0.4, -0.2) is 49.4 Å². The summed E-state index contributed by atoms with van der Waals surface area (Å²) in [6.45, 7) is 1.75. The van der Waals surface area contributed by atoms with Crippen molar-refractivity contribution in [2.45, 2.75) is 13.3 Å². The second kappa shape index (κ2) is 10.8. The normalized spacial score (nSPS) is 10.6. The molecule has 3 aromatic rings. The number of benzene rings is 2. The topological polar surface area (TPSA) is 94.2 Å². The summed E-state index contributed by atoms with van der Waals surface area (Å²) in [5, 5.41) is 8.07. The molecule has 0 spiro atoms. The molecule has 174 valence electrons. The van der Waals surface area contributed by atoms with Gasteiger partial charge in [-0.15, -0.1) is 0 Å². The van der Waals surface area contributed by atoms with E-state index in [1.807, 2.05) is 6.07 Å².